The normalized spacial score (nSPS) is 18.1. The molecule has 37 heavy (non-hydrogen) atoms. The van der Waals surface area contributed by atoms with Gasteiger partial charge >= 0.3 is 0 Å². The number of ether oxygens (including phenoxy) is 1. The predicted molar refractivity (Wildman–Crippen MR) is 151 cm³/mol. The van der Waals surface area contributed by atoms with Crippen LogP contribution in [0.25, 0.3) is 11.3 Å². The van der Waals surface area contributed by atoms with E-state index in [9.17, 15) is 0 Å². The van der Waals surface area contributed by atoms with Crippen molar-refractivity contribution in [3.63, 3.8) is 0 Å². The van der Waals surface area contributed by atoms with Crippen molar-refractivity contribution in [3.05, 3.63) is 72.4 Å². The van der Waals surface area contributed by atoms with Crippen LogP contribution >= 0.6 is 0 Å². The van der Waals surface area contributed by atoms with Crippen molar-refractivity contribution in [2.45, 2.75) is 13.0 Å². The minimum atomic E-state index is 0.574. The third-order valence-electron chi connectivity index (χ3n) is 6.59. The monoisotopic (exact) mass is 499 g/mol. The summed E-state index contributed by atoms with van der Waals surface area (Å²) in [6, 6.07) is 16.6. The molecule has 0 radical (unpaired) electrons. The molecule has 1 aromatic heterocycles. The standard InChI is InChI=1S/C29H37N7O/c1-35-13-3-2-4-17-37-27-7-5-6-24(20-27)28-8-9-32-29(34-28)33-26-19-23(22-35)18-25(21-26)31-12-16-36-14-10-30-11-15-36/h2-3,5-9,18-21,30-31H,4,10-17,22H2,1H3,(H,32,33,34)/b3-2+. The summed E-state index contributed by atoms with van der Waals surface area (Å²) < 4.78 is 5.97. The van der Waals surface area contributed by atoms with Crippen LogP contribution in [0.3, 0.4) is 0 Å². The highest BCUT2D eigenvalue weighted by Gasteiger charge is 2.11. The molecule has 3 heterocycles. The first-order valence-electron chi connectivity index (χ1n) is 13.2. The van der Waals surface area contributed by atoms with E-state index in [1.807, 2.05) is 30.3 Å². The fourth-order valence-corrected chi connectivity index (χ4v) is 4.70. The molecule has 0 saturated carbocycles. The van der Waals surface area contributed by atoms with Gasteiger partial charge in [-0.3, -0.25) is 9.80 Å². The second-order valence-electron chi connectivity index (χ2n) is 9.66. The van der Waals surface area contributed by atoms with Crippen molar-refractivity contribution >= 4 is 17.3 Å². The summed E-state index contributed by atoms with van der Waals surface area (Å²) in [6.45, 7) is 8.66. The van der Waals surface area contributed by atoms with Gasteiger partial charge in [-0.25, -0.2) is 9.97 Å². The predicted octanol–water partition coefficient (Wildman–Crippen LogP) is 3.97. The number of anilines is 3. The fraction of sp³-hybridized carbons (Fsp3) is 0.379. The van der Waals surface area contributed by atoms with Gasteiger partial charge in [0.25, 0.3) is 0 Å². The molecule has 1 fully saturated rings. The molecule has 1 saturated heterocycles. The summed E-state index contributed by atoms with van der Waals surface area (Å²) in [5.41, 5.74) is 5.18. The van der Waals surface area contributed by atoms with Gasteiger partial charge in [-0.2, -0.15) is 0 Å². The maximum Gasteiger partial charge on any atom is 0.227 e. The van der Waals surface area contributed by atoms with E-state index in [1.54, 1.807) is 6.20 Å². The van der Waals surface area contributed by atoms with Crippen LogP contribution in [-0.2, 0) is 6.54 Å². The zero-order chi connectivity index (χ0) is 25.3. The average Bonchev–Trinajstić information content (AvgIpc) is 2.91. The SMILES string of the molecule is CN1C/C=C/CCOc2cccc(c2)-c2ccnc(n2)Nc2cc(cc(NCCN3CCNCC3)c2)C1. The highest BCUT2D eigenvalue weighted by Crippen LogP contribution is 2.26. The van der Waals surface area contributed by atoms with Crippen LogP contribution in [0.2, 0.25) is 0 Å². The van der Waals surface area contributed by atoms with E-state index >= 15 is 0 Å². The second kappa shape index (κ2) is 12.7. The van der Waals surface area contributed by atoms with Crippen LogP contribution in [0.1, 0.15) is 12.0 Å². The van der Waals surface area contributed by atoms with Crippen molar-refractivity contribution < 1.29 is 4.74 Å². The van der Waals surface area contributed by atoms with E-state index in [4.69, 9.17) is 9.72 Å². The van der Waals surface area contributed by atoms with Crippen molar-refractivity contribution in [1.82, 2.24) is 25.1 Å². The lowest BCUT2D eigenvalue weighted by Gasteiger charge is -2.27. The van der Waals surface area contributed by atoms with Gasteiger partial charge in [0.1, 0.15) is 5.75 Å². The molecule has 3 aromatic rings. The quantitative estimate of drug-likeness (QED) is 0.466. The third-order valence-corrected chi connectivity index (χ3v) is 6.59. The topological polar surface area (TPSA) is 77.6 Å². The van der Waals surface area contributed by atoms with Gasteiger partial charge in [0.05, 0.1) is 12.3 Å². The summed E-state index contributed by atoms with van der Waals surface area (Å²) in [6.07, 6.45) is 7.08. The third kappa shape index (κ3) is 7.52. The molecular weight excluding hydrogens is 462 g/mol. The molecule has 8 nitrogen and oxygen atoms in total. The van der Waals surface area contributed by atoms with E-state index in [-0.39, 0.29) is 0 Å². The number of rotatable bonds is 4. The van der Waals surface area contributed by atoms with Crippen LogP contribution in [0.15, 0.2) is 66.9 Å². The van der Waals surface area contributed by atoms with Crippen LogP contribution in [-0.4, -0.2) is 79.2 Å². The summed E-state index contributed by atoms with van der Waals surface area (Å²) in [5.74, 6) is 1.42. The van der Waals surface area contributed by atoms with Crippen molar-refractivity contribution in [2.24, 2.45) is 0 Å². The molecule has 3 N–H and O–H groups in total. The Labute approximate surface area is 219 Å². The summed E-state index contributed by atoms with van der Waals surface area (Å²) in [5, 5.41) is 10.5. The maximum absolute atomic E-state index is 5.97. The van der Waals surface area contributed by atoms with Gasteiger partial charge in [0.15, 0.2) is 0 Å². The molecule has 8 heteroatoms. The van der Waals surface area contributed by atoms with Gasteiger partial charge in [-0.1, -0.05) is 24.3 Å². The van der Waals surface area contributed by atoms with Crippen molar-refractivity contribution in [2.75, 3.05) is 70.1 Å². The Kier molecular flexibility index (Phi) is 8.63. The lowest BCUT2D eigenvalue weighted by Crippen LogP contribution is -2.45. The van der Waals surface area contributed by atoms with Gasteiger partial charge in [-0.05, 0) is 55.4 Å². The highest BCUT2D eigenvalue weighted by molar-refractivity contribution is 5.66. The largest absolute Gasteiger partial charge is 0.493 e. The van der Waals surface area contributed by atoms with Crippen molar-refractivity contribution in [1.29, 1.82) is 0 Å². The van der Waals surface area contributed by atoms with Gasteiger partial charge < -0.3 is 20.7 Å². The molecule has 194 valence electrons. The summed E-state index contributed by atoms with van der Waals surface area (Å²) in [4.78, 5) is 14.1. The molecule has 6 bridgehead atoms. The molecule has 5 rings (SSSR count). The van der Waals surface area contributed by atoms with E-state index in [0.717, 1.165) is 87.2 Å². The molecule has 2 aromatic carbocycles. The Bertz CT molecular complexity index is 1190. The van der Waals surface area contributed by atoms with E-state index in [0.29, 0.717) is 12.6 Å². The van der Waals surface area contributed by atoms with Crippen LogP contribution < -0.4 is 20.7 Å². The zero-order valence-electron chi connectivity index (χ0n) is 21.6. The number of nitrogens with one attached hydrogen (secondary N) is 3. The van der Waals surface area contributed by atoms with Crippen LogP contribution in [0.5, 0.6) is 5.75 Å². The molecule has 0 aliphatic carbocycles. The number of hydrogen-bond acceptors (Lipinski definition) is 8. The van der Waals surface area contributed by atoms with Crippen LogP contribution in [0.4, 0.5) is 17.3 Å². The molecule has 0 unspecified atom stereocenters. The average molecular weight is 500 g/mol. The Morgan fingerprint density at radius 3 is 2.89 bits per heavy atom. The maximum atomic E-state index is 5.97. The zero-order valence-corrected chi connectivity index (χ0v) is 21.6. The number of nitrogens with zero attached hydrogens (tertiary/aromatic N) is 4. The minimum Gasteiger partial charge on any atom is -0.493 e. The molecular formula is C29H37N7O. The number of fused-ring (bicyclic) bond motifs is 7. The Balaban J connectivity index is 1.39. The molecule has 2 aliphatic heterocycles. The Morgan fingerprint density at radius 1 is 1.05 bits per heavy atom. The molecule has 2 aliphatic rings. The Morgan fingerprint density at radius 2 is 1.97 bits per heavy atom. The highest BCUT2D eigenvalue weighted by atomic mass is 16.5. The van der Waals surface area contributed by atoms with E-state index < -0.39 is 0 Å². The lowest BCUT2D eigenvalue weighted by molar-refractivity contribution is 0.249. The summed E-state index contributed by atoms with van der Waals surface area (Å²) >= 11 is 0. The number of piperazine rings is 1. The molecule has 0 amide bonds. The van der Waals surface area contributed by atoms with Gasteiger partial charge in [0, 0.05) is 75.5 Å². The first-order valence-corrected chi connectivity index (χ1v) is 13.2. The number of aromatic nitrogens is 2. The van der Waals surface area contributed by atoms with E-state index in [2.05, 4.69) is 68.1 Å². The second-order valence-corrected chi connectivity index (χ2v) is 9.66. The van der Waals surface area contributed by atoms with Gasteiger partial charge in [-0.15, -0.1) is 0 Å². The number of likely N-dealkylation sites (N-methyl/N-ethyl adjacent to an activating group) is 1. The minimum absolute atomic E-state index is 0.574. The molecule has 0 atom stereocenters. The smallest absolute Gasteiger partial charge is 0.227 e. The summed E-state index contributed by atoms with van der Waals surface area (Å²) in [7, 11) is 2.15. The van der Waals surface area contributed by atoms with Crippen LogP contribution in [0, 0.1) is 0 Å². The number of hydrogen-bond donors (Lipinski definition) is 3. The van der Waals surface area contributed by atoms with Crippen molar-refractivity contribution in [3.8, 4) is 17.0 Å². The fourth-order valence-electron chi connectivity index (χ4n) is 4.70. The first kappa shape index (κ1) is 25.2. The lowest BCUT2D eigenvalue weighted by atomic mass is 10.1. The first-order chi connectivity index (χ1) is 18.2. The van der Waals surface area contributed by atoms with E-state index in [1.165, 1.54) is 5.56 Å². The number of benzene rings is 2. The molecule has 0 spiro atoms. The Hall–Kier alpha value is -3.46. The van der Waals surface area contributed by atoms with Gasteiger partial charge in [0.2, 0.25) is 5.95 Å².